The molecule has 0 fully saturated rings. The number of quaternary nitrogens is 1. The minimum Gasteiger partial charge on any atom is -0.756 e. The number of unbranched alkanes of at least 4 members (excludes halogenated alkanes) is 53. The highest BCUT2D eigenvalue weighted by Gasteiger charge is 2.24. The second kappa shape index (κ2) is 60.1. The van der Waals surface area contributed by atoms with Crippen LogP contribution >= 0.6 is 7.82 Å². The molecule has 0 aliphatic heterocycles. The number of phosphoric acid groups is 1. The van der Waals surface area contributed by atoms with Crippen LogP contribution in [0.4, 0.5) is 0 Å². The molecule has 0 heterocycles. The van der Waals surface area contributed by atoms with Gasteiger partial charge in [-0.05, 0) is 12.8 Å². The summed E-state index contributed by atoms with van der Waals surface area (Å²) in [5, 5.41) is 14.1. The lowest BCUT2D eigenvalue weighted by Gasteiger charge is -2.30. The van der Waals surface area contributed by atoms with Gasteiger partial charge in [0.15, 0.2) is 0 Å². The number of carbonyl (C=O) groups is 1. The average molecular weight is 1110 g/mol. The third kappa shape index (κ3) is 62.9. The van der Waals surface area contributed by atoms with Gasteiger partial charge in [0.05, 0.1) is 39.9 Å². The number of nitrogens with zero attached hydrogens (tertiary/aromatic N) is 1. The molecule has 0 aliphatic rings. The highest BCUT2D eigenvalue weighted by molar-refractivity contribution is 7.45. The Morgan fingerprint density at radius 1 is 0.403 bits per heavy atom. The number of carbonyl (C=O) groups excluding carboxylic acids is 1. The van der Waals surface area contributed by atoms with E-state index in [-0.39, 0.29) is 19.1 Å². The van der Waals surface area contributed by atoms with Crippen LogP contribution in [0.1, 0.15) is 380 Å². The smallest absolute Gasteiger partial charge is 0.268 e. The van der Waals surface area contributed by atoms with Crippen molar-refractivity contribution in [2.24, 2.45) is 0 Å². The van der Waals surface area contributed by atoms with E-state index in [1.807, 2.05) is 21.1 Å². The Labute approximate surface area is 482 Å². The molecule has 77 heavy (non-hydrogen) atoms. The van der Waals surface area contributed by atoms with Gasteiger partial charge < -0.3 is 28.8 Å². The van der Waals surface area contributed by atoms with E-state index in [2.05, 4.69) is 19.2 Å². The Balaban J connectivity index is 3.82. The molecule has 0 aromatic heterocycles. The Morgan fingerprint density at radius 2 is 0.636 bits per heavy atom. The van der Waals surface area contributed by atoms with Crippen molar-refractivity contribution in [2.45, 2.75) is 392 Å². The van der Waals surface area contributed by atoms with E-state index in [1.165, 1.54) is 315 Å². The van der Waals surface area contributed by atoms with Crippen LogP contribution in [0.15, 0.2) is 0 Å². The highest BCUT2D eigenvalue weighted by atomic mass is 31.2. The van der Waals surface area contributed by atoms with Crippen molar-refractivity contribution in [2.75, 3.05) is 40.9 Å². The fourth-order valence-corrected chi connectivity index (χ4v) is 11.9. The first-order valence-corrected chi connectivity index (χ1v) is 36.3. The zero-order valence-corrected chi connectivity index (χ0v) is 53.9. The normalized spacial score (nSPS) is 13.6. The van der Waals surface area contributed by atoms with E-state index >= 15 is 0 Å². The lowest BCUT2D eigenvalue weighted by molar-refractivity contribution is -0.870. The van der Waals surface area contributed by atoms with Crippen molar-refractivity contribution in [3.63, 3.8) is 0 Å². The predicted molar refractivity (Wildman–Crippen MR) is 335 cm³/mol. The average Bonchev–Trinajstić information content (AvgIpc) is 3.39. The molecule has 0 bridgehead atoms. The molecule has 9 heteroatoms. The van der Waals surface area contributed by atoms with Gasteiger partial charge >= 0.3 is 0 Å². The summed E-state index contributed by atoms with van der Waals surface area (Å²) in [5.74, 6) is -0.155. The number of amides is 1. The molecule has 0 radical (unpaired) electrons. The van der Waals surface area contributed by atoms with Crippen molar-refractivity contribution in [3.8, 4) is 0 Å². The van der Waals surface area contributed by atoms with Crippen LogP contribution in [0.5, 0.6) is 0 Å². The van der Waals surface area contributed by atoms with Gasteiger partial charge in [-0.1, -0.05) is 361 Å². The van der Waals surface area contributed by atoms with E-state index in [4.69, 9.17) is 9.05 Å². The number of nitrogens with one attached hydrogen (secondary N) is 1. The summed E-state index contributed by atoms with van der Waals surface area (Å²) in [5.41, 5.74) is 0. The minimum atomic E-state index is -4.57. The van der Waals surface area contributed by atoms with Crippen LogP contribution in [0.3, 0.4) is 0 Å². The quantitative estimate of drug-likeness (QED) is 0.0357. The molecule has 2 N–H and O–H groups in total. The molecular weight excluding hydrogens is 972 g/mol. The predicted octanol–water partition coefficient (Wildman–Crippen LogP) is 21.3. The molecule has 0 aromatic rings. The molecule has 462 valence electrons. The summed E-state index contributed by atoms with van der Waals surface area (Å²) < 4.78 is 23.5. The number of aliphatic hydroxyl groups is 1. The van der Waals surface area contributed by atoms with Crippen LogP contribution in [-0.2, 0) is 18.4 Å². The second-order valence-electron chi connectivity index (χ2n) is 25.6. The molecular formula is C68H139N2O6P. The zero-order valence-electron chi connectivity index (χ0n) is 53.0. The summed E-state index contributed by atoms with van der Waals surface area (Å²) in [6.45, 7) is 4.79. The molecule has 0 saturated carbocycles. The lowest BCUT2D eigenvalue weighted by atomic mass is 10.0. The van der Waals surface area contributed by atoms with Gasteiger partial charge in [0.2, 0.25) is 5.91 Å². The topological polar surface area (TPSA) is 108 Å². The number of hydrogen-bond donors (Lipinski definition) is 2. The number of hydrogen-bond acceptors (Lipinski definition) is 6. The molecule has 3 unspecified atom stereocenters. The summed E-state index contributed by atoms with van der Waals surface area (Å²) in [6, 6.07) is -0.796. The van der Waals surface area contributed by atoms with Crippen LogP contribution < -0.4 is 10.2 Å². The standard InChI is InChI=1S/C68H139N2O6P/c1-6-8-10-12-14-16-18-20-22-24-25-26-27-28-29-30-31-32-33-34-35-36-37-38-39-40-41-42-43-44-45-46-48-50-52-54-56-58-60-62-68(72)69-66(65-76-77(73,74)75-64-63-70(3,4)5)67(71)61-59-57-55-53-51-49-47-23-21-19-17-15-13-11-9-7-2/h66-67,71H,6-65H2,1-5H3,(H-,69,72,73,74). The Bertz CT molecular complexity index is 1220. The van der Waals surface area contributed by atoms with Gasteiger partial charge in [0.1, 0.15) is 13.2 Å². The first-order chi connectivity index (χ1) is 37.5. The molecule has 1 amide bonds. The maximum Gasteiger partial charge on any atom is 0.268 e. The molecule has 0 spiro atoms. The van der Waals surface area contributed by atoms with Gasteiger partial charge in [-0.3, -0.25) is 9.36 Å². The fraction of sp³-hybridized carbons (Fsp3) is 0.985. The van der Waals surface area contributed by atoms with Crippen LogP contribution in [0.2, 0.25) is 0 Å². The third-order valence-corrected chi connectivity index (χ3v) is 17.6. The van der Waals surface area contributed by atoms with Gasteiger partial charge in [-0.15, -0.1) is 0 Å². The van der Waals surface area contributed by atoms with Crippen molar-refractivity contribution in [1.82, 2.24) is 5.32 Å². The summed E-state index contributed by atoms with van der Waals surface area (Å²) in [4.78, 5) is 25.6. The van der Waals surface area contributed by atoms with E-state index < -0.39 is 20.0 Å². The maximum atomic E-state index is 13.0. The first kappa shape index (κ1) is 76.5. The fourth-order valence-electron chi connectivity index (χ4n) is 11.2. The van der Waals surface area contributed by atoms with Crippen LogP contribution in [0.25, 0.3) is 0 Å². The second-order valence-corrected chi connectivity index (χ2v) is 27.0. The van der Waals surface area contributed by atoms with Crippen molar-refractivity contribution >= 4 is 13.7 Å². The molecule has 3 atom stereocenters. The molecule has 8 nitrogen and oxygen atoms in total. The van der Waals surface area contributed by atoms with Gasteiger partial charge in [-0.25, -0.2) is 0 Å². The van der Waals surface area contributed by atoms with E-state index in [1.54, 1.807) is 0 Å². The summed E-state index contributed by atoms with van der Waals surface area (Å²) in [6.07, 6.45) is 74.9. The number of likely N-dealkylation sites (N-methyl/N-ethyl adjacent to an activating group) is 1. The van der Waals surface area contributed by atoms with E-state index in [0.29, 0.717) is 23.9 Å². The van der Waals surface area contributed by atoms with Crippen LogP contribution in [-0.4, -0.2) is 68.5 Å². The largest absolute Gasteiger partial charge is 0.756 e. The third-order valence-electron chi connectivity index (χ3n) is 16.6. The van der Waals surface area contributed by atoms with Crippen LogP contribution in [0, 0.1) is 0 Å². The maximum absolute atomic E-state index is 13.0. The van der Waals surface area contributed by atoms with Crippen molar-refractivity contribution < 1.29 is 32.9 Å². The zero-order chi connectivity index (χ0) is 56.3. The summed E-state index contributed by atoms with van der Waals surface area (Å²) in [7, 11) is 1.33. The minimum absolute atomic E-state index is 0.0167. The lowest BCUT2D eigenvalue weighted by Crippen LogP contribution is -2.46. The number of aliphatic hydroxyl groups excluding tert-OH is 1. The molecule has 0 saturated heterocycles. The Hall–Kier alpha value is -0.500. The van der Waals surface area contributed by atoms with Crippen molar-refractivity contribution in [1.29, 1.82) is 0 Å². The molecule has 0 aliphatic carbocycles. The number of phosphoric ester groups is 1. The van der Waals surface area contributed by atoms with E-state index in [0.717, 1.165) is 38.5 Å². The van der Waals surface area contributed by atoms with E-state index in [9.17, 15) is 19.4 Å². The van der Waals surface area contributed by atoms with Crippen molar-refractivity contribution in [3.05, 3.63) is 0 Å². The Kier molecular flexibility index (Phi) is 59.7. The van der Waals surface area contributed by atoms with Gasteiger partial charge in [0, 0.05) is 6.42 Å². The summed E-state index contributed by atoms with van der Waals surface area (Å²) >= 11 is 0. The number of rotatable bonds is 66. The Morgan fingerprint density at radius 3 is 0.883 bits per heavy atom. The highest BCUT2D eigenvalue weighted by Crippen LogP contribution is 2.38. The molecule has 0 rings (SSSR count). The molecule has 0 aromatic carbocycles. The first-order valence-electron chi connectivity index (χ1n) is 34.9. The van der Waals surface area contributed by atoms with Gasteiger partial charge in [-0.2, -0.15) is 0 Å². The monoisotopic (exact) mass is 1110 g/mol. The SMILES string of the molecule is CCCCCCCCCCCCCCCCCCCCCCCCCCCCCCCCCCCCCCCCCC(=O)NC(COP(=O)([O-])OCC[N+](C)(C)C)C(O)CCCCCCCCCCCCCCCCCC. The van der Waals surface area contributed by atoms with Gasteiger partial charge in [0.25, 0.3) is 7.82 Å².